The zero-order chi connectivity index (χ0) is 15.9. The van der Waals surface area contributed by atoms with Crippen molar-refractivity contribution >= 4 is 17.5 Å². The van der Waals surface area contributed by atoms with Gasteiger partial charge in [0.1, 0.15) is 5.82 Å². The van der Waals surface area contributed by atoms with Gasteiger partial charge in [0.05, 0.1) is 10.4 Å². The van der Waals surface area contributed by atoms with Gasteiger partial charge in [-0.15, -0.1) is 0 Å². The fraction of sp³-hybridized carbons (Fsp3) is 0.400. The molecule has 0 aliphatic carbocycles. The third kappa shape index (κ3) is 2.37. The summed E-state index contributed by atoms with van der Waals surface area (Å²) >= 11 is 6.03. The highest BCUT2D eigenvalue weighted by Crippen LogP contribution is 2.38. The largest absolute Gasteiger partial charge is 0.355 e. The highest BCUT2D eigenvalue weighted by molar-refractivity contribution is 6.33. The van der Waals surface area contributed by atoms with E-state index in [9.17, 15) is 9.18 Å². The van der Waals surface area contributed by atoms with Crippen LogP contribution in [0.3, 0.4) is 0 Å². The van der Waals surface area contributed by atoms with Crippen LogP contribution in [0.1, 0.15) is 26.2 Å². The summed E-state index contributed by atoms with van der Waals surface area (Å²) in [4.78, 5) is 16.0. The molecule has 5 nitrogen and oxygen atoms in total. The van der Waals surface area contributed by atoms with Gasteiger partial charge in [0.25, 0.3) is 0 Å². The molecular formula is C15H15ClFN3O2. The third-order valence-electron chi connectivity index (χ3n) is 4.21. The van der Waals surface area contributed by atoms with Crippen LogP contribution in [0.4, 0.5) is 4.39 Å². The van der Waals surface area contributed by atoms with Crippen molar-refractivity contribution in [2.24, 2.45) is 5.92 Å². The first-order chi connectivity index (χ1) is 10.4. The zero-order valence-electron chi connectivity index (χ0n) is 12.2. The van der Waals surface area contributed by atoms with Crippen LogP contribution in [0.25, 0.3) is 11.4 Å². The molecule has 1 aromatic carbocycles. The molecule has 1 amide bonds. The molecule has 0 radical (unpaired) electrons. The maximum absolute atomic E-state index is 13.1. The number of benzene rings is 1. The first-order valence-corrected chi connectivity index (χ1v) is 7.36. The number of rotatable bonds is 3. The summed E-state index contributed by atoms with van der Waals surface area (Å²) in [5.74, 6) is 0.369. The fourth-order valence-corrected chi connectivity index (χ4v) is 2.93. The van der Waals surface area contributed by atoms with Crippen LogP contribution in [0, 0.1) is 11.7 Å². The molecule has 0 saturated carbocycles. The molecule has 7 heteroatoms. The van der Waals surface area contributed by atoms with E-state index in [1.165, 1.54) is 18.2 Å². The number of aromatic nitrogens is 2. The van der Waals surface area contributed by atoms with Gasteiger partial charge < -0.3 is 9.84 Å². The average Bonchev–Trinajstić information content (AvgIpc) is 3.06. The van der Waals surface area contributed by atoms with Gasteiger partial charge in [0, 0.05) is 18.5 Å². The van der Waals surface area contributed by atoms with Gasteiger partial charge in [-0.1, -0.05) is 30.6 Å². The second-order valence-corrected chi connectivity index (χ2v) is 6.22. The number of nitrogens with one attached hydrogen (secondary N) is 1. The highest BCUT2D eigenvalue weighted by atomic mass is 35.5. The Balaban J connectivity index is 2.01. The zero-order valence-corrected chi connectivity index (χ0v) is 12.9. The van der Waals surface area contributed by atoms with Gasteiger partial charge in [0.15, 0.2) is 0 Å². The second kappa shape index (κ2) is 5.35. The van der Waals surface area contributed by atoms with Gasteiger partial charge in [-0.25, -0.2) is 4.39 Å². The molecular weight excluding hydrogens is 309 g/mol. The van der Waals surface area contributed by atoms with E-state index in [1.807, 2.05) is 13.8 Å². The molecule has 1 fully saturated rings. The Hall–Kier alpha value is -1.95. The summed E-state index contributed by atoms with van der Waals surface area (Å²) in [5, 5.41) is 6.97. The van der Waals surface area contributed by atoms with Gasteiger partial charge in [0.2, 0.25) is 17.6 Å². The van der Waals surface area contributed by atoms with E-state index in [0.717, 1.165) is 0 Å². The number of halogens is 2. The molecule has 1 aliphatic heterocycles. The molecule has 2 heterocycles. The maximum Gasteiger partial charge on any atom is 0.235 e. The summed E-state index contributed by atoms with van der Waals surface area (Å²) in [7, 11) is 0. The van der Waals surface area contributed by atoms with Crippen molar-refractivity contribution in [1.29, 1.82) is 0 Å². The van der Waals surface area contributed by atoms with E-state index >= 15 is 0 Å². The van der Waals surface area contributed by atoms with Crippen molar-refractivity contribution in [2.75, 3.05) is 6.54 Å². The topological polar surface area (TPSA) is 68.0 Å². The minimum absolute atomic E-state index is 0.0340. The molecule has 22 heavy (non-hydrogen) atoms. The van der Waals surface area contributed by atoms with Crippen LogP contribution >= 0.6 is 11.6 Å². The number of carbonyl (C=O) groups is 1. The minimum atomic E-state index is -0.519. The minimum Gasteiger partial charge on any atom is -0.355 e. The lowest BCUT2D eigenvalue weighted by atomic mass is 9.76. The summed E-state index contributed by atoms with van der Waals surface area (Å²) in [6.45, 7) is 4.48. The lowest BCUT2D eigenvalue weighted by molar-refractivity contribution is -0.119. The Bertz CT molecular complexity index is 731. The SMILES string of the molecule is CC(C)C1(c2nc(-c3ccc(F)cc3Cl)no2)CNC(=O)C1. The van der Waals surface area contributed by atoms with Crippen LogP contribution in [0.2, 0.25) is 5.02 Å². The van der Waals surface area contributed by atoms with E-state index in [1.54, 1.807) is 0 Å². The monoisotopic (exact) mass is 323 g/mol. The number of amides is 1. The molecule has 1 atom stereocenters. The smallest absolute Gasteiger partial charge is 0.235 e. The van der Waals surface area contributed by atoms with E-state index in [-0.39, 0.29) is 16.8 Å². The Labute approximate surface area is 131 Å². The van der Waals surface area contributed by atoms with E-state index in [0.29, 0.717) is 30.2 Å². The molecule has 1 N–H and O–H groups in total. The third-order valence-corrected chi connectivity index (χ3v) is 4.52. The van der Waals surface area contributed by atoms with E-state index < -0.39 is 11.2 Å². The van der Waals surface area contributed by atoms with Gasteiger partial charge in [-0.05, 0) is 24.1 Å². The molecule has 1 unspecified atom stereocenters. The highest BCUT2D eigenvalue weighted by Gasteiger charge is 2.47. The fourth-order valence-electron chi connectivity index (χ4n) is 2.68. The molecule has 1 aliphatic rings. The Morgan fingerprint density at radius 2 is 2.23 bits per heavy atom. The normalized spacial score (nSPS) is 21.4. The lowest BCUT2D eigenvalue weighted by Gasteiger charge is -2.26. The number of hydrogen-bond donors (Lipinski definition) is 1. The van der Waals surface area contributed by atoms with Crippen LogP contribution < -0.4 is 5.32 Å². The van der Waals surface area contributed by atoms with E-state index in [2.05, 4.69) is 15.5 Å². The first kappa shape index (κ1) is 15.0. The van der Waals surface area contributed by atoms with Gasteiger partial charge >= 0.3 is 0 Å². The summed E-state index contributed by atoms with van der Waals surface area (Å²) in [5.41, 5.74) is -0.0243. The van der Waals surface area contributed by atoms with Crippen LogP contribution in [0.15, 0.2) is 22.7 Å². The Kier molecular flexibility index (Phi) is 3.64. The van der Waals surface area contributed by atoms with Crippen molar-refractivity contribution in [1.82, 2.24) is 15.5 Å². The summed E-state index contributed by atoms with van der Waals surface area (Å²) in [6, 6.07) is 3.99. The van der Waals surface area contributed by atoms with E-state index in [4.69, 9.17) is 16.1 Å². The standard InChI is InChI=1S/C15H15ClFN3O2/c1-8(2)15(6-12(21)18-7-15)14-19-13(20-22-14)10-4-3-9(17)5-11(10)16/h3-5,8H,6-7H2,1-2H3,(H,18,21). The van der Waals surface area contributed by atoms with Crippen molar-refractivity contribution in [3.63, 3.8) is 0 Å². The maximum atomic E-state index is 13.1. The van der Waals surface area contributed by atoms with Crippen molar-refractivity contribution < 1.29 is 13.7 Å². The molecule has 2 aromatic rings. The number of hydrogen-bond acceptors (Lipinski definition) is 4. The Morgan fingerprint density at radius 3 is 2.82 bits per heavy atom. The van der Waals surface area contributed by atoms with Crippen molar-refractivity contribution in [2.45, 2.75) is 25.7 Å². The molecule has 1 saturated heterocycles. The predicted octanol–water partition coefficient (Wildman–Crippen LogP) is 2.94. The summed E-state index contributed by atoms with van der Waals surface area (Å²) in [6.07, 6.45) is 0.309. The number of nitrogens with zero attached hydrogens (tertiary/aromatic N) is 2. The first-order valence-electron chi connectivity index (χ1n) is 6.99. The average molecular weight is 324 g/mol. The molecule has 116 valence electrons. The number of carbonyl (C=O) groups excluding carboxylic acids is 1. The van der Waals surface area contributed by atoms with Crippen LogP contribution in [-0.4, -0.2) is 22.6 Å². The van der Waals surface area contributed by atoms with Crippen LogP contribution in [0.5, 0.6) is 0 Å². The molecule has 0 spiro atoms. The summed E-state index contributed by atoms with van der Waals surface area (Å²) < 4.78 is 18.5. The predicted molar refractivity (Wildman–Crippen MR) is 78.8 cm³/mol. The van der Waals surface area contributed by atoms with Crippen LogP contribution in [-0.2, 0) is 10.2 Å². The Morgan fingerprint density at radius 1 is 1.45 bits per heavy atom. The van der Waals surface area contributed by atoms with Gasteiger partial charge in [-0.3, -0.25) is 4.79 Å². The van der Waals surface area contributed by atoms with Gasteiger partial charge in [-0.2, -0.15) is 4.98 Å². The molecule has 3 rings (SSSR count). The molecule has 1 aromatic heterocycles. The quantitative estimate of drug-likeness (QED) is 0.943. The van der Waals surface area contributed by atoms with Crippen molar-refractivity contribution in [3.05, 3.63) is 34.9 Å². The van der Waals surface area contributed by atoms with Crippen molar-refractivity contribution in [3.8, 4) is 11.4 Å². The molecule has 0 bridgehead atoms. The lowest BCUT2D eigenvalue weighted by Crippen LogP contribution is -2.35. The second-order valence-electron chi connectivity index (χ2n) is 5.81.